The van der Waals surface area contributed by atoms with Crippen LogP contribution in [0.15, 0.2) is 48.5 Å². The number of amides is 1. The molecule has 0 radical (unpaired) electrons. The van der Waals surface area contributed by atoms with Crippen molar-refractivity contribution in [2.24, 2.45) is 5.41 Å². The summed E-state index contributed by atoms with van der Waals surface area (Å²) in [5, 5.41) is 12.4. The molecule has 1 heterocycles. The van der Waals surface area contributed by atoms with Crippen LogP contribution in [0.2, 0.25) is 0 Å². The van der Waals surface area contributed by atoms with Crippen molar-refractivity contribution in [3.63, 3.8) is 0 Å². The quantitative estimate of drug-likeness (QED) is 0.577. The molecule has 1 aliphatic heterocycles. The standard InChI is InChI=1S/C25H26N2O4/c1-4-25(13-14-27(2,3)16-25)22(23(28)29)26-24(30)31-15-21-19-11-7-5-9-17(19)18-10-6-8-12-20(18)21/h1,5-12,21-22H,13-16H2,2-3H3,(H-,26,28,29,30)/p+1/t22-,25-/m1/s1. The lowest BCUT2D eigenvalue weighted by atomic mass is 9.80. The first-order valence-electron chi connectivity index (χ1n) is 10.4. The molecule has 2 aromatic rings. The number of alkyl carbamates (subject to hydrolysis) is 1. The van der Waals surface area contributed by atoms with Crippen molar-refractivity contribution >= 4 is 12.1 Å². The Bertz CT molecular complexity index is 1030. The van der Waals surface area contributed by atoms with Gasteiger partial charge in [0.05, 0.1) is 27.2 Å². The number of carbonyl (C=O) groups excluding carboxylic acids is 1. The van der Waals surface area contributed by atoms with Gasteiger partial charge in [0.1, 0.15) is 12.0 Å². The number of quaternary nitrogens is 1. The molecule has 1 amide bonds. The summed E-state index contributed by atoms with van der Waals surface area (Å²) in [5.74, 6) is 1.44. The highest BCUT2D eigenvalue weighted by atomic mass is 16.5. The topological polar surface area (TPSA) is 75.6 Å². The minimum absolute atomic E-state index is 0.0925. The monoisotopic (exact) mass is 419 g/mol. The number of nitrogens with zero attached hydrogens (tertiary/aromatic N) is 1. The second kappa shape index (κ2) is 7.75. The third-order valence-electron chi connectivity index (χ3n) is 6.57. The zero-order chi connectivity index (χ0) is 22.2. The minimum Gasteiger partial charge on any atom is -0.480 e. The van der Waals surface area contributed by atoms with Crippen LogP contribution in [0.1, 0.15) is 23.5 Å². The second-order valence-electron chi connectivity index (χ2n) is 9.11. The maximum absolute atomic E-state index is 12.6. The molecule has 0 saturated carbocycles. The lowest BCUT2D eigenvalue weighted by Gasteiger charge is -2.31. The maximum atomic E-state index is 12.6. The number of terminal acetylenes is 1. The fourth-order valence-electron chi connectivity index (χ4n) is 5.06. The molecular weight excluding hydrogens is 392 g/mol. The molecule has 4 rings (SSSR count). The molecule has 2 atom stereocenters. The molecule has 0 unspecified atom stereocenters. The number of carboxylic acid groups (broad SMARTS) is 1. The van der Waals surface area contributed by atoms with Gasteiger partial charge in [-0.15, -0.1) is 6.42 Å². The van der Waals surface area contributed by atoms with Gasteiger partial charge in [-0.05, 0) is 22.3 Å². The van der Waals surface area contributed by atoms with Gasteiger partial charge < -0.3 is 19.6 Å². The molecule has 2 N–H and O–H groups in total. The van der Waals surface area contributed by atoms with Gasteiger partial charge in [-0.25, -0.2) is 9.59 Å². The Hall–Kier alpha value is -3.30. The normalized spacial score (nSPS) is 22.1. The van der Waals surface area contributed by atoms with Crippen molar-refractivity contribution < 1.29 is 23.9 Å². The molecule has 1 aliphatic carbocycles. The van der Waals surface area contributed by atoms with Crippen molar-refractivity contribution in [3.8, 4) is 23.5 Å². The van der Waals surface area contributed by atoms with E-state index in [4.69, 9.17) is 11.2 Å². The Kier molecular flexibility index (Phi) is 5.24. The number of aliphatic carboxylic acids is 1. The van der Waals surface area contributed by atoms with Crippen LogP contribution < -0.4 is 5.32 Å². The fraction of sp³-hybridized carbons (Fsp3) is 0.360. The van der Waals surface area contributed by atoms with E-state index < -0.39 is 23.5 Å². The molecule has 1 saturated heterocycles. The number of fused-ring (bicyclic) bond motifs is 3. The van der Waals surface area contributed by atoms with E-state index in [-0.39, 0.29) is 12.5 Å². The molecule has 160 valence electrons. The van der Waals surface area contributed by atoms with E-state index >= 15 is 0 Å². The van der Waals surface area contributed by atoms with Gasteiger partial charge in [-0.1, -0.05) is 54.5 Å². The van der Waals surface area contributed by atoms with Gasteiger partial charge in [-0.3, -0.25) is 0 Å². The summed E-state index contributed by atoms with van der Waals surface area (Å²) in [5.41, 5.74) is 3.52. The Labute approximate surface area is 182 Å². The molecular formula is C25H27N2O4+. The van der Waals surface area contributed by atoms with Crippen LogP contribution >= 0.6 is 0 Å². The molecule has 2 aliphatic rings. The number of ether oxygens (including phenoxy) is 1. The molecule has 6 nitrogen and oxygen atoms in total. The first-order chi connectivity index (χ1) is 14.8. The molecule has 31 heavy (non-hydrogen) atoms. The van der Waals surface area contributed by atoms with Crippen LogP contribution in [0.3, 0.4) is 0 Å². The number of nitrogens with one attached hydrogen (secondary N) is 1. The largest absolute Gasteiger partial charge is 0.480 e. The number of hydrogen-bond acceptors (Lipinski definition) is 3. The Balaban J connectivity index is 1.49. The molecule has 0 spiro atoms. The first kappa shape index (κ1) is 21.0. The lowest BCUT2D eigenvalue weighted by molar-refractivity contribution is -0.880. The van der Waals surface area contributed by atoms with Crippen LogP contribution in [-0.4, -0.2) is 61.5 Å². The van der Waals surface area contributed by atoms with Gasteiger partial charge >= 0.3 is 12.1 Å². The van der Waals surface area contributed by atoms with E-state index in [1.165, 1.54) is 0 Å². The van der Waals surface area contributed by atoms with E-state index in [1.54, 1.807) is 0 Å². The average Bonchev–Trinajstić information content (AvgIpc) is 3.25. The van der Waals surface area contributed by atoms with Crippen molar-refractivity contribution in [3.05, 3.63) is 59.7 Å². The number of carboxylic acids is 1. The molecule has 0 bridgehead atoms. The van der Waals surface area contributed by atoms with E-state index in [0.29, 0.717) is 17.4 Å². The van der Waals surface area contributed by atoms with E-state index in [2.05, 4.69) is 23.4 Å². The van der Waals surface area contributed by atoms with Crippen LogP contribution in [0.4, 0.5) is 4.79 Å². The highest BCUT2D eigenvalue weighted by Crippen LogP contribution is 2.44. The van der Waals surface area contributed by atoms with Crippen molar-refractivity contribution in [2.45, 2.75) is 18.4 Å². The maximum Gasteiger partial charge on any atom is 0.407 e. The minimum atomic E-state index is -1.20. The summed E-state index contributed by atoms with van der Waals surface area (Å²) in [6.07, 6.45) is 5.53. The van der Waals surface area contributed by atoms with E-state index in [0.717, 1.165) is 28.8 Å². The van der Waals surface area contributed by atoms with Gasteiger partial charge in [0.15, 0.2) is 6.04 Å². The zero-order valence-corrected chi connectivity index (χ0v) is 17.8. The summed E-state index contributed by atoms with van der Waals surface area (Å²) in [4.78, 5) is 24.7. The smallest absolute Gasteiger partial charge is 0.407 e. The fourth-order valence-corrected chi connectivity index (χ4v) is 5.06. The van der Waals surface area contributed by atoms with Gasteiger partial charge in [0, 0.05) is 12.3 Å². The predicted molar refractivity (Wildman–Crippen MR) is 117 cm³/mol. The molecule has 0 aromatic heterocycles. The molecule has 2 aromatic carbocycles. The van der Waals surface area contributed by atoms with Gasteiger partial charge in [0.2, 0.25) is 0 Å². The molecule has 1 fully saturated rings. The van der Waals surface area contributed by atoms with Gasteiger partial charge in [-0.2, -0.15) is 0 Å². The third-order valence-corrected chi connectivity index (χ3v) is 6.57. The summed E-state index contributed by atoms with van der Waals surface area (Å²) < 4.78 is 6.15. The third kappa shape index (κ3) is 3.77. The van der Waals surface area contributed by atoms with Crippen LogP contribution in [0.5, 0.6) is 0 Å². The van der Waals surface area contributed by atoms with Crippen LogP contribution in [0.25, 0.3) is 11.1 Å². The number of hydrogen-bond donors (Lipinski definition) is 2. The van der Waals surface area contributed by atoms with Crippen LogP contribution in [0, 0.1) is 17.8 Å². The Morgan fingerprint density at radius 1 is 1.19 bits per heavy atom. The van der Waals surface area contributed by atoms with E-state index in [1.807, 2.05) is 50.5 Å². The number of rotatable bonds is 5. The predicted octanol–water partition coefficient (Wildman–Crippen LogP) is 3.08. The second-order valence-corrected chi connectivity index (χ2v) is 9.11. The number of likely N-dealkylation sites (tertiary alicyclic amines) is 1. The highest BCUT2D eigenvalue weighted by molar-refractivity contribution is 5.82. The lowest BCUT2D eigenvalue weighted by Crippen LogP contribution is -2.54. The van der Waals surface area contributed by atoms with Crippen molar-refractivity contribution in [1.29, 1.82) is 0 Å². The first-order valence-corrected chi connectivity index (χ1v) is 10.4. The average molecular weight is 420 g/mol. The Morgan fingerprint density at radius 2 is 1.77 bits per heavy atom. The number of carbonyl (C=O) groups is 2. The highest BCUT2D eigenvalue weighted by Gasteiger charge is 2.52. The van der Waals surface area contributed by atoms with Crippen LogP contribution in [-0.2, 0) is 9.53 Å². The Morgan fingerprint density at radius 3 is 2.26 bits per heavy atom. The summed E-state index contributed by atoms with van der Waals surface area (Å²) >= 11 is 0. The summed E-state index contributed by atoms with van der Waals surface area (Å²) in [6, 6.07) is 14.9. The number of benzene rings is 2. The van der Waals surface area contributed by atoms with Crippen molar-refractivity contribution in [1.82, 2.24) is 5.32 Å². The molecule has 6 heteroatoms. The van der Waals surface area contributed by atoms with Crippen molar-refractivity contribution in [2.75, 3.05) is 33.8 Å². The summed E-state index contributed by atoms with van der Waals surface area (Å²) in [6.45, 7) is 1.35. The SMILES string of the molecule is C#C[C@@]1([C@H](NC(=O)OCC2c3ccccc3-c3ccccc32)C(=O)O)CC[N+](C)(C)C1. The summed E-state index contributed by atoms with van der Waals surface area (Å²) in [7, 11) is 4.01. The van der Waals surface area contributed by atoms with Gasteiger partial charge in [0.25, 0.3) is 0 Å². The van der Waals surface area contributed by atoms with E-state index in [9.17, 15) is 14.7 Å². The zero-order valence-electron chi connectivity index (χ0n) is 17.8.